The summed E-state index contributed by atoms with van der Waals surface area (Å²) in [5, 5.41) is 2.49. The van der Waals surface area contributed by atoms with Crippen molar-refractivity contribution in [3.05, 3.63) is 52.5 Å². The highest BCUT2D eigenvalue weighted by Crippen LogP contribution is 2.31. The summed E-state index contributed by atoms with van der Waals surface area (Å²) in [6, 6.07) is 12.7. The Morgan fingerprint density at radius 1 is 1.21 bits per heavy atom. The number of nitrogens with one attached hydrogen (secondary N) is 1. The van der Waals surface area contributed by atoms with Crippen LogP contribution in [0.2, 0.25) is 0 Å². The standard InChI is InChI=1S/C20H23BrN2O4S2/c1-14-7-8-16(13-19(14)29(25,26)23-9-11-27-12-10-23)22-20(24)15(2)28-18-6-4-3-5-17(18)21/h3-8,13,15H,9-12H2,1-2H3,(H,22,24)/t15-/m0/s1. The van der Waals surface area contributed by atoms with E-state index in [4.69, 9.17) is 4.74 Å². The fourth-order valence-electron chi connectivity index (χ4n) is 2.91. The van der Waals surface area contributed by atoms with E-state index in [1.54, 1.807) is 19.1 Å². The predicted molar refractivity (Wildman–Crippen MR) is 119 cm³/mol. The van der Waals surface area contributed by atoms with E-state index in [0.29, 0.717) is 37.6 Å². The third-order valence-corrected chi connectivity index (χ3v) is 8.73. The molecule has 2 aromatic carbocycles. The van der Waals surface area contributed by atoms with Gasteiger partial charge in [0.1, 0.15) is 0 Å². The van der Waals surface area contributed by atoms with Crippen molar-refractivity contribution in [1.82, 2.24) is 4.31 Å². The molecule has 1 N–H and O–H groups in total. The molecule has 0 aliphatic carbocycles. The average Bonchev–Trinajstić information content (AvgIpc) is 2.71. The number of morpholine rings is 1. The van der Waals surface area contributed by atoms with E-state index in [-0.39, 0.29) is 16.1 Å². The maximum atomic E-state index is 13.0. The Balaban J connectivity index is 1.75. The highest BCUT2D eigenvalue weighted by Gasteiger charge is 2.28. The van der Waals surface area contributed by atoms with Crippen molar-refractivity contribution < 1.29 is 17.9 Å². The van der Waals surface area contributed by atoms with Gasteiger partial charge < -0.3 is 10.1 Å². The normalized spacial score (nSPS) is 16.4. The third-order valence-electron chi connectivity index (χ3n) is 4.55. The third kappa shape index (κ3) is 5.40. The van der Waals surface area contributed by atoms with Crippen LogP contribution >= 0.6 is 27.7 Å². The lowest BCUT2D eigenvalue weighted by Crippen LogP contribution is -2.40. The molecule has 1 saturated heterocycles. The first kappa shape index (κ1) is 22.3. The molecule has 0 bridgehead atoms. The number of aryl methyl sites for hydroxylation is 1. The van der Waals surface area contributed by atoms with E-state index in [1.807, 2.05) is 31.2 Å². The molecule has 9 heteroatoms. The molecule has 0 spiro atoms. The molecule has 156 valence electrons. The van der Waals surface area contributed by atoms with E-state index >= 15 is 0 Å². The van der Waals surface area contributed by atoms with Gasteiger partial charge >= 0.3 is 0 Å². The second kappa shape index (κ2) is 9.61. The van der Waals surface area contributed by atoms with Crippen molar-refractivity contribution in [2.45, 2.75) is 28.9 Å². The number of anilines is 1. The minimum atomic E-state index is -3.63. The lowest BCUT2D eigenvalue weighted by molar-refractivity contribution is -0.115. The number of nitrogens with zero attached hydrogens (tertiary/aromatic N) is 1. The molecule has 0 radical (unpaired) electrons. The van der Waals surface area contributed by atoms with Crippen LogP contribution < -0.4 is 5.32 Å². The Labute approximate surface area is 184 Å². The van der Waals surface area contributed by atoms with Crippen molar-refractivity contribution in [2.24, 2.45) is 0 Å². The summed E-state index contributed by atoms with van der Waals surface area (Å²) in [4.78, 5) is 13.8. The van der Waals surface area contributed by atoms with Crippen molar-refractivity contribution in [1.29, 1.82) is 0 Å². The summed E-state index contributed by atoms with van der Waals surface area (Å²) in [6.45, 7) is 5.01. The first-order valence-corrected chi connectivity index (χ1v) is 12.3. The largest absolute Gasteiger partial charge is 0.379 e. The number of hydrogen-bond acceptors (Lipinski definition) is 5. The maximum Gasteiger partial charge on any atom is 0.243 e. The van der Waals surface area contributed by atoms with Gasteiger partial charge in [-0.1, -0.05) is 18.2 Å². The molecule has 1 aliphatic rings. The molecule has 0 saturated carbocycles. The topological polar surface area (TPSA) is 75.7 Å². The predicted octanol–water partition coefficient (Wildman–Crippen LogP) is 3.90. The van der Waals surface area contributed by atoms with Crippen molar-refractivity contribution >= 4 is 49.3 Å². The Morgan fingerprint density at radius 3 is 2.59 bits per heavy atom. The van der Waals surface area contributed by atoms with Crippen LogP contribution in [0.3, 0.4) is 0 Å². The first-order chi connectivity index (χ1) is 13.8. The van der Waals surface area contributed by atoms with Gasteiger partial charge in [0.05, 0.1) is 23.4 Å². The first-order valence-electron chi connectivity index (χ1n) is 9.19. The van der Waals surface area contributed by atoms with Crippen LogP contribution in [0.5, 0.6) is 0 Å². The van der Waals surface area contributed by atoms with Gasteiger partial charge in [0.15, 0.2) is 0 Å². The van der Waals surface area contributed by atoms with E-state index in [2.05, 4.69) is 21.2 Å². The summed E-state index contributed by atoms with van der Waals surface area (Å²) in [5.74, 6) is -0.190. The molecule has 1 amide bonds. The Hall–Kier alpha value is -1.39. The van der Waals surface area contributed by atoms with Gasteiger partial charge in [-0.15, -0.1) is 11.8 Å². The molecule has 0 aromatic heterocycles. The molecule has 1 aliphatic heterocycles. The van der Waals surface area contributed by atoms with Gasteiger partial charge in [-0.3, -0.25) is 4.79 Å². The smallest absolute Gasteiger partial charge is 0.243 e. The number of rotatable bonds is 6. The van der Waals surface area contributed by atoms with Gasteiger partial charge in [0.25, 0.3) is 0 Å². The van der Waals surface area contributed by atoms with Crippen molar-refractivity contribution in [3.8, 4) is 0 Å². The lowest BCUT2D eigenvalue weighted by Gasteiger charge is -2.27. The summed E-state index contributed by atoms with van der Waals surface area (Å²) >= 11 is 4.92. The van der Waals surface area contributed by atoms with Gasteiger partial charge in [0, 0.05) is 28.1 Å². The number of carbonyl (C=O) groups excluding carboxylic acids is 1. The maximum absolute atomic E-state index is 13.0. The number of benzene rings is 2. The monoisotopic (exact) mass is 498 g/mol. The average molecular weight is 499 g/mol. The number of hydrogen-bond donors (Lipinski definition) is 1. The molecule has 1 fully saturated rings. The number of amides is 1. The molecule has 1 heterocycles. The summed E-state index contributed by atoms with van der Waals surface area (Å²) < 4.78 is 33.6. The summed E-state index contributed by atoms with van der Waals surface area (Å²) in [6.07, 6.45) is 0. The van der Waals surface area contributed by atoms with E-state index in [9.17, 15) is 13.2 Å². The highest BCUT2D eigenvalue weighted by atomic mass is 79.9. The number of ether oxygens (including phenoxy) is 1. The van der Waals surface area contributed by atoms with Crippen LogP contribution in [0.15, 0.2) is 56.7 Å². The Morgan fingerprint density at radius 2 is 1.90 bits per heavy atom. The number of thioether (sulfide) groups is 1. The minimum absolute atomic E-state index is 0.190. The lowest BCUT2D eigenvalue weighted by atomic mass is 10.2. The molecule has 29 heavy (non-hydrogen) atoms. The van der Waals surface area contributed by atoms with Crippen LogP contribution in [0.4, 0.5) is 5.69 Å². The number of halogens is 1. The van der Waals surface area contributed by atoms with E-state index in [1.165, 1.54) is 22.1 Å². The van der Waals surface area contributed by atoms with E-state index in [0.717, 1.165) is 9.37 Å². The van der Waals surface area contributed by atoms with Crippen LogP contribution in [0.25, 0.3) is 0 Å². The van der Waals surface area contributed by atoms with Crippen LogP contribution in [0.1, 0.15) is 12.5 Å². The molecule has 1 atom stereocenters. The highest BCUT2D eigenvalue weighted by molar-refractivity contribution is 9.10. The fraction of sp³-hybridized carbons (Fsp3) is 0.350. The van der Waals surface area contributed by atoms with Crippen molar-refractivity contribution in [2.75, 3.05) is 31.6 Å². The Bertz CT molecular complexity index is 992. The SMILES string of the molecule is Cc1ccc(NC(=O)[C@H](C)Sc2ccccc2Br)cc1S(=O)(=O)N1CCOCC1. The van der Waals surface area contributed by atoms with Gasteiger partial charge in [-0.25, -0.2) is 8.42 Å². The molecular weight excluding hydrogens is 476 g/mol. The molecule has 0 unspecified atom stereocenters. The molecule has 2 aromatic rings. The number of carbonyl (C=O) groups is 1. The Kier molecular flexibility index (Phi) is 7.39. The van der Waals surface area contributed by atoms with Crippen LogP contribution in [-0.4, -0.2) is 50.2 Å². The van der Waals surface area contributed by atoms with Crippen LogP contribution in [-0.2, 0) is 19.6 Å². The van der Waals surface area contributed by atoms with Crippen molar-refractivity contribution in [3.63, 3.8) is 0 Å². The van der Waals surface area contributed by atoms with Gasteiger partial charge in [0.2, 0.25) is 15.9 Å². The fourth-order valence-corrected chi connectivity index (χ4v) is 6.02. The molecule has 3 rings (SSSR count). The zero-order valence-corrected chi connectivity index (χ0v) is 19.4. The quantitative estimate of drug-likeness (QED) is 0.611. The summed E-state index contributed by atoms with van der Waals surface area (Å²) in [5.41, 5.74) is 1.11. The minimum Gasteiger partial charge on any atom is -0.379 e. The van der Waals surface area contributed by atoms with Crippen LogP contribution in [0, 0.1) is 6.92 Å². The van der Waals surface area contributed by atoms with Gasteiger partial charge in [-0.2, -0.15) is 4.31 Å². The second-order valence-electron chi connectivity index (χ2n) is 6.68. The van der Waals surface area contributed by atoms with E-state index < -0.39 is 10.0 Å². The number of sulfonamides is 1. The van der Waals surface area contributed by atoms with Gasteiger partial charge in [-0.05, 0) is 59.6 Å². The zero-order chi connectivity index (χ0) is 21.0. The zero-order valence-electron chi connectivity index (χ0n) is 16.2. The summed E-state index contributed by atoms with van der Waals surface area (Å²) in [7, 11) is -3.63. The molecule has 6 nitrogen and oxygen atoms in total. The molecular formula is C20H23BrN2O4S2. The second-order valence-corrected chi connectivity index (χ2v) is 10.8.